The molecule has 0 spiro atoms. The first-order chi connectivity index (χ1) is 11.3. The maximum Gasteiger partial charge on any atom is 0.0159 e. The molecule has 1 N–H and O–H groups in total. The Hall–Kier alpha value is -0.300. The molecule has 1 heteroatoms. The zero-order chi connectivity index (χ0) is 17.0. The molecule has 0 radical (unpaired) electrons. The van der Waals surface area contributed by atoms with Gasteiger partial charge in [0, 0.05) is 6.54 Å². The minimum absolute atomic E-state index is 0.985. The topological polar surface area (TPSA) is 12.0 Å². The van der Waals surface area contributed by atoms with Crippen LogP contribution < -0.4 is 5.32 Å². The first kappa shape index (κ1) is 22.7. The van der Waals surface area contributed by atoms with E-state index in [9.17, 15) is 0 Å². The summed E-state index contributed by atoms with van der Waals surface area (Å²) in [5, 5.41) is 3.43. The van der Waals surface area contributed by atoms with Crippen molar-refractivity contribution in [2.45, 2.75) is 117 Å². The average molecular weight is 324 g/mol. The zero-order valence-electron chi connectivity index (χ0n) is 16.4. The molecule has 1 nitrogen and oxygen atoms in total. The number of hydrogen-bond acceptors (Lipinski definition) is 1. The summed E-state index contributed by atoms with van der Waals surface area (Å²) in [4.78, 5) is 0. The second-order valence-electron chi connectivity index (χ2n) is 7.44. The van der Waals surface area contributed by atoms with Crippen LogP contribution in [0.1, 0.15) is 117 Å². The fourth-order valence-corrected chi connectivity index (χ4v) is 3.10. The van der Waals surface area contributed by atoms with E-state index in [1.807, 2.05) is 0 Å². The highest BCUT2D eigenvalue weighted by molar-refractivity contribution is 4.90. The van der Waals surface area contributed by atoms with Gasteiger partial charge in [0.2, 0.25) is 0 Å². The lowest BCUT2D eigenvalue weighted by Crippen LogP contribution is -2.16. The van der Waals surface area contributed by atoms with E-state index in [1.54, 1.807) is 0 Å². The summed E-state index contributed by atoms with van der Waals surface area (Å²) in [6.45, 7) is 10.4. The highest BCUT2D eigenvalue weighted by Crippen LogP contribution is 2.13. The maximum atomic E-state index is 3.91. The summed E-state index contributed by atoms with van der Waals surface area (Å²) < 4.78 is 0. The van der Waals surface area contributed by atoms with E-state index in [0.717, 1.165) is 13.1 Å². The molecule has 138 valence electrons. The van der Waals surface area contributed by atoms with Gasteiger partial charge in [0.05, 0.1) is 0 Å². The van der Waals surface area contributed by atoms with Crippen molar-refractivity contribution >= 4 is 0 Å². The van der Waals surface area contributed by atoms with Crippen molar-refractivity contribution in [2.24, 2.45) is 0 Å². The highest BCUT2D eigenvalue weighted by atomic mass is 14.8. The second kappa shape index (κ2) is 19.7. The Kier molecular flexibility index (Phi) is 19.5. The fourth-order valence-electron chi connectivity index (χ4n) is 3.10. The number of hydrogen-bond donors (Lipinski definition) is 1. The summed E-state index contributed by atoms with van der Waals surface area (Å²) in [7, 11) is 0. The molecular weight excluding hydrogens is 278 g/mol. The van der Waals surface area contributed by atoms with Crippen molar-refractivity contribution in [3.05, 3.63) is 12.2 Å². The molecule has 0 unspecified atom stereocenters. The Morgan fingerprint density at radius 2 is 0.957 bits per heavy atom. The third kappa shape index (κ3) is 21.7. The van der Waals surface area contributed by atoms with Crippen LogP contribution in [0.3, 0.4) is 0 Å². The van der Waals surface area contributed by atoms with Gasteiger partial charge in [-0.2, -0.15) is 0 Å². The smallest absolute Gasteiger partial charge is 0.0159 e. The third-order valence-corrected chi connectivity index (χ3v) is 4.63. The van der Waals surface area contributed by atoms with E-state index in [4.69, 9.17) is 0 Å². The fraction of sp³-hybridized carbons (Fsp3) is 0.909. The Morgan fingerprint density at radius 3 is 1.30 bits per heavy atom. The average Bonchev–Trinajstić information content (AvgIpc) is 2.53. The molecule has 0 aliphatic heterocycles. The van der Waals surface area contributed by atoms with Gasteiger partial charge in [-0.3, -0.25) is 0 Å². The zero-order valence-corrected chi connectivity index (χ0v) is 16.4. The van der Waals surface area contributed by atoms with Crippen LogP contribution in [-0.4, -0.2) is 13.1 Å². The van der Waals surface area contributed by atoms with Crippen LogP contribution in [0.25, 0.3) is 0 Å². The molecule has 0 aliphatic rings. The van der Waals surface area contributed by atoms with Gasteiger partial charge >= 0.3 is 0 Å². The van der Waals surface area contributed by atoms with Crippen molar-refractivity contribution in [3.63, 3.8) is 0 Å². The SMILES string of the molecule is C=C(C)CNCCCCCCCCCCCCCCCCCC. The Balaban J connectivity index is 2.96. The minimum Gasteiger partial charge on any atom is -0.313 e. The summed E-state index contributed by atoms with van der Waals surface area (Å²) in [5.74, 6) is 0. The highest BCUT2D eigenvalue weighted by Gasteiger charge is 1.94. The van der Waals surface area contributed by atoms with Gasteiger partial charge in [-0.15, -0.1) is 0 Å². The van der Waals surface area contributed by atoms with Gasteiger partial charge in [-0.1, -0.05) is 115 Å². The number of rotatable bonds is 19. The maximum absolute atomic E-state index is 3.91. The van der Waals surface area contributed by atoms with Crippen LogP contribution in [0.15, 0.2) is 12.2 Å². The summed E-state index contributed by atoms with van der Waals surface area (Å²) in [6.07, 6.45) is 23.1. The second-order valence-corrected chi connectivity index (χ2v) is 7.44. The van der Waals surface area contributed by atoms with Crippen LogP contribution in [0.2, 0.25) is 0 Å². The predicted octanol–water partition coefficient (Wildman–Crippen LogP) is 7.41. The third-order valence-electron chi connectivity index (χ3n) is 4.63. The van der Waals surface area contributed by atoms with Crippen LogP contribution in [0.4, 0.5) is 0 Å². The van der Waals surface area contributed by atoms with Crippen molar-refractivity contribution in [2.75, 3.05) is 13.1 Å². The molecule has 0 fully saturated rings. The minimum atomic E-state index is 0.985. The normalized spacial score (nSPS) is 11.0. The van der Waals surface area contributed by atoms with Crippen LogP contribution in [-0.2, 0) is 0 Å². The van der Waals surface area contributed by atoms with Gasteiger partial charge in [0.1, 0.15) is 0 Å². The molecule has 0 bridgehead atoms. The molecule has 0 aromatic carbocycles. The molecule has 0 aromatic rings. The van der Waals surface area contributed by atoms with Gasteiger partial charge in [0.25, 0.3) is 0 Å². The molecule has 0 heterocycles. The van der Waals surface area contributed by atoms with E-state index in [0.29, 0.717) is 0 Å². The van der Waals surface area contributed by atoms with E-state index in [-0.39, 0.29) is 0 Å². The van der Waals surface area contributed by atoms with Gasteiger partial charge in [0.15, 0.2) is 0 Å². The molecule has 0 atom stereocenters. The lowest BCUT2D eigenvalue weighted by atomic mass is 10.0. The molecular formula is C22H45N. The Labute approximate surface area is 147 Å². The van der Waals surface area contributed by atoms with E-state index >= 15 is 0 Å². The van der Waals surface area contributed by atoms with Gasteiger partial charge in [-0.05, 0) is 19.9 Å². The largest absolute Gasteiger partial charge is 0.313 e. The molecule has 0 amide bonds. The van der Waals surface area contributed by atoms with Crippen LogP contribution in [0, 0.1) is 0 Å². The lowest BCUT2D eigenvalue weighted by molar-refractivity contribution is 0.527. The monoisotopic (exact) mass is 323 g/mol. The summed E-state index contributed by atoms with van der Waals surface area (Å²) in [5.41, 5.74) is 1.24. The molecule has 0 saturated heterocycles. The van der Waals surface area contributed by atoms with Crippen molar-refractivity contribution in [1.29, 1.82) is 0 Å². The standard InChI is InChI=1S/C22H45N/c1-4-5-6-7-8-9-10-11-12-13-14-15-16-17-18-19-20-23-21-22(2)3/h23H,2,4-21H2,1,3H3. The first-order valence-electron chi connectivity index (χ1n) is 10.6. The van der Waals surface area contributed by atoms with E-state index < -0.39 is 0 Å². The van der Waals surface area contributed by atoms with Crippen LogP contribution in [0.5, 0.6) is 0 Å². The summed E-state index contributed by atoms with van der Waals surface area (Å²) >= 11 is 0. The first-order valence-corrected chi connectivity index (χ1v) is 10.6. The molecule has 23 heavy (non-hydrogen) atoms. The molecule has 0 aromatic heterocycles. The van der Waals surface area contributed by atoms with Crippen molar-refractivity contribution in [3.8, 4) is 0 Å². The molecule has 0 rings (SSSR count). The predicted molar refractivity (Wildman–Crippen MR) is 107 cm³/mol. The van der Waals surface area contributed by atoms with E-state index in [1.165, 1.54) is 108 Å². The number of unbranched alkanes of at least 4 members (excludes halogenated alkanes) is 15. The molecule has 0 aliphatic carbocycles. The Bertz CT molecular complexity index is 234. The molecule has 0 saturated carbocycles. The van der Waals surface area contributed by atoms with Gasteiger partial charge in [-0.25, -0.2) is 0 Å². The van der Waals surface area contributed by atoms with E-state index in [2.05, 4.69) is 25.7 Å². The lowest BCUT2D eigenvalue weighted by Gasteiger charge is -2.05. The quantitative estimate of drug-likeness (QED) is 0.193. The van der Waals surface area contributed by atoms with Crippen LogP contribution >= 0.6 is 0 Å². The summed E-state index contributed by atoms with van der Waals surface area (Å²) in [6, 6.07) is 0. The number of nitrogens with one attached hydrogen (secondary N) is 1. The van der Waals surface area contributed by atoms with Crippen molar-refractivity contribution in [1.82, 2.24) is 5.32 Å². The van der Waals surface area contributed by atoms with Crippen molar-refractivity contribution < 1.29 is 0 Å². The van der Waals surface area contributed by atoms with Gasteiger partial charge < -0.3 is 5.32 Å². The Morgan fingerprint density at radius 1 is 0.609 bits per heavy atom.